The van der Waals surface area contributed by atoms with Crippen LogP contribution >= 0.6 is 23.6 Å². The van der Waals surface area contributed by atoms with Crippen molar-refractivity contribution in [1.29, 1.82) is 0 Å². The van der Waals surface area contributed by atoms with Crippen molar-refractivity contribution >= 4 is 23.6 Å². The minimum absolute atomic E-state index is 0.630. The van der Waals surface area contributed by atoms with Gasteiger partial charge in [-0.25, -0.2) is 0 Å². The molecule has 0 unspecified atom stereocenters. The van der Waals surface area contributed by atoms with E-state index in [1.54, 1.807) is 18.4 Å². The summed E-state index contributed by atoms with van der Waals surface area (Å²) >= 11 is 6.80. The molecule has 0 spiro atoms. The van der Waals surface area contributed by atoms with Gasteiger partial charge in [-0.05, 0) is 23.7 Å². The summed E-state index contributed by atoms with van der Waals surface area (Å²) in [5.41, 5.74) is 1.09. The van der Waals surface area contributed by atoms with Crippen LogP contribution in [0.5, 0.6) is 0 Å². The second-order valence-electron chi connectivity index (χ2n) is 3.01. The van der Waals surface area contributed by atoms with E-state index in [2.05, 4.69) is 10.2 Å². The van der Waals surface area contributed by atoms with Crippen molar-refractivity contribution in [2.24, 2.45) is 0 Å². The molecule has 0 saturated carbocycles. The van der Waals surface area contributed by atoms with Crippen molar-refractivity contribution < 1.29 is 4.74 Å². The van der Waals surface area contributed by atoms with Crippen LogP contribution in [0.1, 0.15) is 0 Å². The van der Waals surface area contributed by atoms with Gasteiger partial charge >= 0.3 is 0 Å². The average molecular weight is 241 g/mol. The fourth-order valence-electron chi connectivity index (χ4n) is 1.32. The summed E-state index contributed by atoms with van der Waals surface area (Å²) in [5, 5.41) is 11.1. The molecule has 2 aromatic rings. The first-order valence-corrected chi connectivity index (χ1v) is 5.84. The summed E-state index contributed by atoms with van der Waals surface area (Å²) in [6, 6.07) is 2.03. The topological polar surface area (TPSA) is 42.8 Å². The first kappa shape index (κ1) is 10.5. The highest BCUT2D eigenvalue weighted by atomic mass is 32.1. The Labute approximate surface area is 96.5 Å². The Morgan fingerprint density at radius 3 is 3.20 bits per heavy atom. The Bertz CT molecular complexity index is 472. The molecule has 15 heavy (non-hydrogen) atoms. The number of aromatic nitrogens is 3. The van der Waals surface area contributed by atoms with Crippen LogP contribution < -0.4 is 0 Å². The second kappa shape index (κ2) is 4.69. The molecule has 0 atom stereocenters. The maximum absolute atomic E-state index is 5.15. The van der Waals surface area contributed by atoms with Gasteiger partial charge in [0.15, 0.2) is 10.6 Å². The van der Waals surface area contributed by atoms with E-state index >= 15 is 0 Å². The molecule has 0 bridgehead atoms. The zero-order valence-electron chi connectivity index (χ0n) is 8.27. The molecule has 0 saturated heterocycles. The van der Waals surface area contributed by atoms with Crippen LogP contribution in [0.2, 0.25) is 0 Å². The van der Waals surface area contributed by atoms with E-state index in [0.717, 1.165) is 17.9 Å². The number of nitrogens with zero attached hydrogens (tertiary/aromatic N) is 2. The van der Waals surface area contributed by atoms with E-state index in [1.165, 1.54) is 0 Å². The molecule has 0 fully saturated rings. The Balaban J connectivity index is 2.36. The van der Waals surface area contributed by atoms with Crippen LogP contribution in [0.3, 0.4) is 0 Å². The summed E-state index contributed by atoms with van der Waals surface area (Å²) in [7, 11) is 1.67. The van der Waals surface area contributed by atoms with E-state index in [-0.39, 0.29) is 0 Å². The Morgan fingerprint density at radius 2 is 2.53 bits per heavy atom. The Hall–Kier alpha value is -0.980. The van der Waals surface area contributed by atoms with Crippen molar-refractivity contribution in [3.63, 3.8) is 0 Å². The van der Waals surface area contributed by atoms with Crippen molar-refractivity contribution in [2.75, 3.05) is 13.7 Å². The van der Waals surface area contributed by atoms with Crippen LogP contribution in [-0.4, -0.2) is 28.5 Å². The average Bonchev–Trinajstić information content (AvgIpc) is 2.84. The molecule has 6 heteroatoms. The third kappa shape index (κ3) is 2.17. The summed E-state index contributed by atoms with van der Waals surface area (Å²) in [5.74, 6) is 0.873. The first-order valence-electron chi connectivity index (χ1n) is 4.49. The van der Waals surface area contributed by atoms with Gasteiger partial charge in [0, 0.05) is 18.1 Å². The normalized spacial score (nSPS) is 10.7. The summed E-state index contributed by atoms with van der Waals surface area (Å²) in [6.07, 6.45) is 0. The van der Waals surface area contributed by atoms with Gasteiger partial charge in [-0.1, -0.05) is 0 Å². The fourth-order valence-corrected chi connectivity index (χ4v) is 2.18. The van der Waals surface area contributed by atoms with Gasteiger partial charge in [0.1, 0.15) is 0 Å². The van der Waals surface area contributed by atoms with Gasteiger partial charge in [0.05, 0.1) is 13.2 Å². The highest BCUT2D eigenvalue weighted by molar-refractivity contribution is 7.71. The largest absolute Gasteiger partial charge is 0.383 e. The smallest absolute Gasteiger partial charge is 0.195 e. The first-order chi connectivity index (χ1) is 7.33. The van der Waals surface area contributed by atoms with Gasteiger partial charge in [-0.2, -0.15) is 16.4 Å². The lowest BCUT2D eigenvalue weighted by Gasteiger charge is -2.03. The number of rotatable bonds is 4. The van der Waals surface area contributed by atoms with E-state index in [9.17, 15) is 0 Å². The quantitative estimate of drug-likeness (QED) is 0.835. The molecule has 80 valence electrons. The van der Waals surface area contributed by atoms with E-state index in [0.29, 0.717) is 11.4 Å². The maximum Gasteiger partial charge on any atom is 0.195 e. The van der Waals surface area contributed by atoms with Gasteiger partial charge in [0.25, 0.3) is 0 Å². The number of hydrogen-bond acceptors (Lipinski definition) is 4. The predicted octanol–water partition coefficient (Wildman–Crippen LogP) is 2.32. The molecule has 2 aromatic heterocycles. The molecule has 2 rings (SSSR count). The van der Waals surface area contributed by atoms with E-state index < -0.39 is 0 Å². The molecule has 0 aliphatic carbocycles. The summed E-state index contributed by atoms with van der Waals surface area (Å²) in [6.45, 7) is 1.35. The second-order valence-corrected chi connectivity index (χ2v) is 4.18. The highest BCUT2D eigenvalue weighted by Crippen LogP contribution is 2.19. The number of nitrogens with one attached hydrogen (secondary N) is 1. The monoisotopic (exact) mass is 241 g/mol. The molecule has 0 aliphatic rings. The van der Waals surface area contributed by atoms with Gasteiger partial charge in [-0.15, -0.1) is 0 Å². The number of thiophene rings is 1. The molecule has 4 nitrogen and oxygen atoms in total. The van der Waals surface area contributed by atoms with Gasteiger partial charge in [-0.3, -0.25) is 9.67 Å². The standard InChI is InChI=1S/C9H11N3OS2/c1-13-4-3-12-8(10-11-9(12)14)7-2-5-15-6-7/h2,5-6H,3-4H2,1H3,(H,11,14). The molecule has 2 heterocycles. The lowest BCUT2D eigenvalue weighted by Crippen LogP contribution is -2.05. The zero-order valence-corrected chi connectivity index (χ0v) is 9.90. The van der Waals surface area contributed by atoms with Crippen molar-refractivity contribution in [2.45, 2.75) is 6.54 Å². The van der Waals surface area contributed by atoms with Crippen LogP contribution in [0.4, 0.5) is 0 Å². The lowest BCUT2D eigenvalue weighted by atomic mass is 10.3. The zero-order chi connectivity index (χ0) is 10.7. The lowest BCUT2D eigenvalue weighted by molar-refractivity contribution is 0.187. The van der Waals surface area contributed by atoms with Crippen molar-refractivity contribution in [1.82, 2.24) is 14.8 Å². The minimum atomic E-state index is 0.630. The molecular formula is C9H11N3OS2. The Morgan fingerprint density at radius 1 is 1.67 bits per heavy atom. The molecule has 0 aliphatic heterocycles. The molecule has 0 radical (unpaired) electrons. The summed E-state index contributed by atoms with van der Waals surface area (Å²) < 4.78 is 7.61. The maximum atomic E-state index is 5.15. The van der Waals surface area contributed by atoms with E-state index in [4.69, 9.17) is 17.0 Å². The number of hydrogen-bond donors (Lipinski definition) is 1. The SMILES string of the molecule is COCCn1c(-c2ccsc2)n[nH]c1=S. The van der Waals surface area contributed by atoms with Crippen LogP contribution in [0, 0.1) is 4.77 Å². The molecule has 1 N–H and O–H groups in total. The van der Waals surface area contributed by atoms with Crippen LogP contribution in [-0.2, 0) is 11.3 Å². The predicted molar refractivity (Wildman–Crippen MR) is 62.6 cm³/mol. The fraction of sp³-hybridized carbons (Fsp3) is 0.333. The summed E-state index contributed by atoms with van der Waals surface area (Å²) in [4.78, 5) is 0. The van der Waals surface area contributed by atoms with Gasteiger partial charge in [0.2, 0.25) is 0 Å². The number of methoxy groups -OCH3 is 1. The van der Waals surface area contributed by atoms with E-state index in [1.807, 2.05) is 21.4 Å². The van der Waals surface area contributed by atoms with Crippen LogP contribution in [0.15, 0.2) is 16.8 Å². The number of ether oxygens (including phenoxy) is 1. The highest BCUT2D eigenvalue weighted by Gasteiger charge is 2.08. The van der Waals surface area contributed by atoms with Crippen molar-refractivity contribution in [3.05, 3.63) is 21.6 Å². The molecule has 0 aromatic carbocycles. The number of H-pyrrole nitrogens is 1. The third-order valence-electron chi connectivity index (χ3n) is 2.06. The number of aromatic amines is 1. The molecular weight excluding hydrogens is 230 g/mol. The van der Waals surface area contributed by atoms with Crippen LogP contribution in [0.25, 0.3) is 11.4 Å². The minimum Gasteiger partial charge on any atom is -0.383 e. The molecule has 0 amide bonds. The Kier molecular flexibility index (Phi) is 3.30. The third-order valence-corrected chi connectivity index (χ3v) is 3.05. The van der Waals surface area contributed by atoms with Gasteiger partial charge < -0.3 is 4.74 Å². The van der Waals surface area contributed by atoms with Crippen molar-refractivity contribution in [3.8, 4) is 11.4 Å².